The van der Waals surface area contributed by atoms with Crippen molar-refractivity contribution in [2.24, 2.45) is 0 Å². The molecule has 1 amide bonds. The van der Waals surface area contributed by atoms with E-state index in [1.165, 1.54) is 12.6 Å². The van der Waals surface area contributed by atoms with Crippen LogP contribution in [0.4, 0.5) is 5.69 Å². The number of carbonyl (C=O) groups is 1. The van der Waals surface area contributed by atoms with Crippen LogP contribution in [0.3, 0.4) is 0 Å². The fraction of sp³-hybridized carbons (Fsp3) is 0.158. The van der Waals surface area contributed by atoms with Crippen LogP contribution in [0.25, 0.3) is 17.0 Å². The number of nitrogens with one attached hydrogen (secondary N) is 2. The first-order valence-corrected chi connectivity index (χ1v) is 10.3. The minimum Gasteiger partial charge on any atom is -0.342 e. The predicted octanol–water partition coefficient (Wildman–Crippen LogP) is 2.33. The molecule has 0 aliphatic rings. The molecule has 0 spiro atoms. The maximum atomic E-state index is 12.9. The Labute approximate surface area is 168 Å². The number of carbonyl (C=O) groups excluding carboxylic acids is 1. The number of rotatable bonds is 6. The number of fused-ring (bicyclic) bond motifs is 1. The van der Waals surface area contributed by atoms with Gasteiger partial charge < -0.3 is 9.84 Å². The summed E-state index contributed by atoms with van der Waals surface area (Å²) in [6.45, 7) is 2.36. The second-order valence-electron chi connectivity index (χ2n) is 6.42. The third kappa shape index (κ3) is 4.08. The Balaban J connectivity index is 1.58. The molecule has 2 N–H and O–H groups in total. The number of aryl methyl sites for hydroxylation is 1. The van der Waals surface area contributed by atoms with Gasteiger partial charge in [0.25, 0.3) is 5.91 Å². The number of nitrogens with zero attached hydrogens (tertiary/aromatic N) is 4. The molecule has 0 saturated heterocycles. The molecule has 4 rings (SSSR count). The van der Waals surface area contributed by atoms with Crippen LogP contribution < -0.4 is 10.0 Å². The van der Waals surface area contributed by atoms with Gasteiger partial charge in [0.2, 0.25) is 12.2 Å². The highest BCUT2D eigenvalue weighted by molar-refractivity contribution is 7.82. The van der Waals surface area contributed by atoms with Gasteiger partial charge in [-0.15, -0.1) is 0 Å². The molecule has 148 valence electrons. The van der Waals surface area contributed by atoms with Crippen LogP contribution in [0.15, 0.2) is 53.6 Å². The summed E-state index contributed by atoms with van der Waals surface area (Å²) in [5, 5.41) is 6.75. The van der Waals surface area contributed by atoms with Crippen LogP contribution in [-0.2, 0) is 17.5 Å². The molecule has 3 heterocycles. The van der Waals surface area contributed by atoms with E-state index in [4.69, 9.17) is 4.52 Å². The van der Waals surface area contributed by atoms with Gasteiger partial charge in [0.05, 0.1) is 17.2 Å². The van der Waals surface area contributed by atoms with Gasteiger partial charge in [-0.05, 0) is 36.2 Å². The molecule has 0 radical (unpaired) electrons. The Bertz CT molecular complexity index is 1200. The zero-order valence-electron chi connectivity index (χ0n) is 15.7. The van der Waals surface area contributed by atoms with Crippen molar-refractivity contribution in [2.75, 3.05) is 11.6 Å². The molecule has 0 saturated carbocycles. The molecule has 29 heavy (non-hydrogen) atoms. The molecule has 4 aromatic rings. The van der Waals surface area contributed by atoms with Crippen LogP contribution in [0, 0.1) is 6.92 Å². The predicted molar refractivity (Wildman–Crippen MR) is 109 cm³/mol. The van der Waals surface area contributed by atoms with Gasteiger partial charge in [-0.3, -0.25) is 9.20 Å². The lowest BCUT2D eigenvalue weighted by Crippen LogP contribution is -2.16. The lowest BCUT2D eigenvalue weighted by Gasteiger charge is -2.10. The summed E-state index contributed by atoms with van der Waals surface area (Å²) in [6.07, 6.45) is 6.13. The average Bonchev–Trinajstić information content (AvgIpc) is 3.37. The van der Waals surface area contributed by atoms with E-state index >= 15 is 0 Å². The molecular weight excluding hydrogens is 392 g/mol. The summed E-state index contributed by atoms with van der Waals surface area (Å²) in [5.41, 5.74) is 4.26. The van der Waals surface area contributed by atoms with Crippen LogP contribution in [0.1, 0.15) is 21.6 Å². The molecule has 0 aliphatic heterocycles. The lowest BCUT2D eigenvalue weighted by atomic mass is 10.1. The topological polar surface area (TPSA) is 114 Å². The summed E-state index contributed by atoms with van der Waals surface area (Å²) in [7, 11) is -1.10. The van der Waals surface area contributed by atoms with Crippen LogP contribution in [0.5, 0.6) is 0 Å². The molecule has 0 fully saturated rings. The monoisotopic (exact) mass is 410 g/mol. The Hall–Kier alpha value is -3.37. The summed E-state index contributed by atoms with van der Waals surface area (Å²) in [5.74, 6) is 0.163. The molecule has 1 unspecified atom stereocenters. The number of anilines is 1. The Morgan fingerprint density at radius 1 is 1.24 bits per heavy atom. The molecule has 3 aromatic heterocycles. The van der Waals surface area contributed by atoms with E-state index < -0.39 is 11.0 Å². The molecule has 1 atom stereocenters. The Morgan fingerprint density at radius 3 is 2.86 bits per heavy atom. The first-order chi connectivity index (χ1) is 14.0. The van der Waals surface area contributed by atoms with E-state index in [-0.39, 0.29) is 5.91 Å². The fourth-order valence-corrected chi connectivity index (χ4v) is 3.24. The van der Waals surface area contributed by atoms with Gasteiger partial charge in [0, 0.05) is 30.2 Å². The van der Waals surface area contributed by atoms with E-state index in [1.807, 2.05) is 31.2 Å². The third-order valence-electron chi connectivity index (χ3n) is 4.40. The Kier molecular flexibility index (Phi) is 5.19. The van der Waals surface area contributed by atoms with E-state index in [0.29, 0.717) is 29.4 Å². The van der Waals surface area contributed by atoms with E-state index in [0.717, 1.165) is 16.7 Å². The minimum atomic E-state index is -1.10. The van der Waals surface area contributed by atoms with Crippen molar-refractivity contribution in [1.82, 2.24) is 24.2 Å². The van der Waals surface area contributed by atoms with Gasteiger partial charge in [0.1, 0.15) is 11.3 Å². The minimum absolute atomic E-state index is 0.286. The molecule has 1 aromatic carbocycles. The highest BCUT2D eigenvalue weighted by Crippen LogP contribution is 2.23. The molecule has 0 bridgehead atoms. The second-order valence-corrected chi connectivity index (χ2v) is 7.62. The van der Waals surface area contributed by atoms with E-state index in [2.05, 4.69) is 25.2 Å². The van der Waals surface area contributed by atoms with Crippen molar-refractivity contribution in [3.63, 3.8) is 0 Å². The first-order valence-electron chi connectivity index (χ1n) is 8.73. The van der Waals surface area contributed by atoms with Crippen molar-refractivity contribution in [3.8, 4) is 11.4 Å². The zero-order chi connectivity index (χ0) is 20.4. The van der Waals surface area contributed by atoms with Gasteiger partial charge >= 0.3 is 0 Å². The van der Waals surface area contributed by atoms with Gasteiger partial charge in [-0.25, -0.2) is 13.9 Å². The van der Waals surface area contributed by atoms with Gasteiger partial charge in [-0.2, -0.15) is 4.98 Å². The molecular formula is C19H18N6O3S. The largest absolute Gasteiger partial charge is 0.342 e. The maximum Gasteiger partial charge on any atom is 0.274 e. The zero-order valence-corrected chi connectivity index (χ0v) is 16.6. The third-order valence-corrected chi connectivity index (χ3v) is 4.95. The number of amides is 1. The smallest absolute Gasteiger partial charge is 0.274 e. The molecule has 0 aliphatic carbocycles. The maximum absolute atomic E-state index is 12.9. The Morgan fingerprint density at radius 2 is 2.10 bits per heavy atom. The summed E-state index contributed by atoms with van der Waals surface area (Å²) in [4.78, 5) is 21.2. The number of hydrogen-bond acceptors (Lipinski definition) is 6. The summed E-state index contributed by atoms with van der Waals surface area (Å²) < 4.78 is 20.5. The van der Waals surface area contributed by atoms with Crippen molar-refractivity contribution in [3.05, 3.63) is 65.9 Å². The van der Waals surface area contributed by atoms with Crippen molar-refractivity contribution < 1.29 is 13.5 Å². The fourth-order valence-electron chi connectivity index (χ4n) is 2.87. The molecule has 10 heteroatoms. The quantitative estimate of drug-likeness (QED) is 0.504. The summed E-state index contributed by atoms with van der Waals surface area (Å²) >= 11 is 0. The second kappa shape index (κ2) is 7.94. The van der Waals surface area contributed by atoms with Gasteiger partial charge in [-0.1, -0.05) is 17.3 Å². The van der Waals surface area contributed by atoms with E-state index in [1.54, 1.807) is 22.9 Å². The van der Waals surface area contributed by atoms with Crippen molar-refractivity contribution >= 4 is 28.2 Å². The number of pyridine rings is 1. The number of hydrogen-bond donors (Lipinski definition) is 2. The van der Waals surface area contributed by atoms with Crippen molar-refractivity contribution in [2.45, 2.75) is 13.5 Å². The van der Waals surface area contributed by atoms with Crippen LogP contribution >= 0.6 is 0 Å². The SMILES string of the molecule is Cc1ccc(-c2ncon2)cc1NC(=O)c1cnc2cc(CNS(C)=O)ccn12. The normalized spacial score (nSPS) is 12.2. The standard InChI is InChI=1S/C19H18N6O3S/c1-12-3-4-14(18-21-11-28-24-18)8-15(12)23-19(26)16-10-20-17-7-13(5-6-25(16)17)9-22-29(2)27/h3-8,10-11,22H,9H2,1-2H3,(H,23,26). The van der Waals surface area contributed by atoms with E-state index in [9.17, 15) is 9.00 Å². The number of aromatic nitrogens is 4. The summed E-state index contributed by atoms with van der Waals surface area (Å²) in [6, 6.07) is 9.25. The number of imidazole rings is 1. The highest BCUT2D eigenvalue weighted by Gasteiger charge is 2.15. The average molecular weight is 410 g/mol. The van der Waals surface area contributed by atoms with Crippen LogP contribution in [0.2, 0.25) is 0 Å². The van der Waals surface area contributed by atoms with Crippen molar-refractivity contribution in [1.29, 1.82) is 0 Å². The first kappa shape index (κ1) is 19.0. The number of benzene rings is 1. The lowest BCUT2D eigenvalue weighted by molar-refractivity contribution is 0.102. The van der Waals surface area contributed by atoms with Crippen LogP contribution in [-0.4, -0.2) is 35.9 Å². The molecule has 9 nitrogen and oxygen atoms in total. The highest BCUT2D eigenvalue weighted by atomic mass is 32.2. The van der Waals surface area contributed by atoms with Gasteiger partial charge in [0.15, 0.2) is 0 Å².